The molecule has 16 heteroatoms. The molecule has 2 aliphatic carbocycles. The van der Waals surface area contributed by atoms with Gasteiger partial charge in [0, 0.05) is 41.8 Å². The first-order valence-corrected chi connectivity index (χ1v) is 23.7. The number of nitrogens with one attached hydrogen (secondary N) is 3. The van der Waals surface area contributed by atoms with E-state index in [-0.39, 0.29) is 43.4 Å². The Hall–Kier alpha value is -6.94. The zero-order valence-corrected chi connectivity index (χ0v) is 37.4. The van der Waals surface area contributed by atoms with E-state index in [4.69, 9.17) is 23.9 Å². The Morgan fingerprint density at radius 3 is 2.50 bits per heavy atom. The van der Waals surface area contributed by atoms with Gasteiger partial charge in [-0.15, -0.1) is 0 Å². The molecule has 2 aliphatic heterocycles. The summed E-state index contributed by atoms with van der Waals surface area (Å²) in [6, 6.07) is 27.9. The maximum atomic E-state index is 15.1. The van der Waals surface area contributed by atoms with Gasteiger partial charge in [0.1, 0.15) is 53.7 Å². The van der Waals surface area contributed by atoms with Crippen LogP contribution in [0.3, 0.4) is 0 Å². The third-order valence-corrected chi connectivity index (χ3v) is 14.3. The van der Waals surface area contributed by atoms with Crippen molar-refractivity contribution in [2.45, 2.75) is 86.6 Å². The number of aryl methyl sites for hydroxylation is 1. The Balaban J connectivity index is 1.08. The molecular formula is C50H51N5O10S. The fraction of sp³-hybridized carbons (Fsp3) is 0.340. The number of ether oxygens (including phenoxy) is 4. The molecule has 3 fully saturated rings. The first-order valence-electron chi connectivity index (χ1n) is 22.2. The van der Waals surface area contributed by atoms with E-state index in [0.29, 0.717) is 45.0 Å². The van der Waals surface area contributed by atoms with E-state index in [1.165, 1.54) is 11.0 Å². The number of benzene rings is 4. The van der Waals surface area contributed by atoms with Crippen LogP contribution >= 0.6 is 0 Å². The van der Waals surface area contributed by atoms with Gasteiger partial charge in [0.05, 0.1) is 29.8 Å². The fourth-order valence-corrected chi connectivity index (χ4v) is 10.5. The molecule has 342 valence electrons. The second kappa shape index (κ2) is 18.5. The van der Waals surface area contributed by atoms with Crippen molar-refractivity contribution in [1.82, 2.24) is 25.2 Å². The van der Waals surface area contributed by atoms with E-state index in [0.717, 1.165) is 31.2 Å². The lowest BCUT2D eigenvalue weighted by Crippen LogP contribution is -2.58. The number of amides is 4. The highest BCUT2D eigenvalue weighted by atomic mass is 32.2. The standard InChI is InChI=1S/C50H51N5O10S/c1-31-12-6-9-20-45(31)66(60,61)54-48(58)50-29-34(50)16-11-23-63-37-19-10-13-32(24-37)25-42(52-49(59)65-35-17-7-8-18-35)47(57)55-30-38(27-43(55)46(56)53-50)64-44-28-40(33-14-4-3-5-15-33)51-41-26-36(62-2)21-22-39(41)44/h3-6,9-16,19-22,24,26,28,34-35,38,42-43H,7-8,17-18,23,25,27,29-30H2,1-2H3,(H,52,59)(H,53,56)(H,54,58)/b16-11-/t34?,38-,42-,43+,50+/m1/s1. The van der Waals surface area contributed by atoms with Gasteiger partial charge in [0.2, 0.25) is 11.8 Å². The van der Waals surface area contributed by atoms with Crippen LogP contribution in [0, 0.1) is 12.8 Å². The summed E-state index contributed by atoms with van der Waals surface area (Å²) >= 11 is 0. The van der Waals surface area contributed by atoms with Crippen molar-refractivity contribution < 1.29 is 46.5 Å². The van der Waals surface area contributed by atoms with E-state index in [9.17, 15) is 22.8 Å². The fourth-order valence-electron chi connectivity index (χ4n) is 9.22. The summed E-state index contributed by atoms with van der Waals surface area (Å²) in [5.74, 6) is -1.26. The summed E-state index contributed by atoms with van der Waals surface area (Å²) < 4.78 is 53.7. The van der Waals surface area contributed by atoms with Crippen LogP contribution in [0.15, 0.2) is 120 Å². The molecule has 15 nitrogen and oxygen atoms in total. The van der Waals surface area contributed by atoms with Crippen molar-refractivity contribution in [2.24, 2.45) is 5.92 Å². The third kappa shape index (κ3) is 9.41. The highest BCUT2D eigenvalue weighted by Crippen LogP contribution is 2.46. The van der Waals surface area contributed by atoms with Crippen LogP contribution in [-0.4, -0.2) is 92.2 Å². The average molecular weight is 914 g/mol. The number of pyridine rings is 1. The van der Waals surface area contributed by atoms with Crippen LogP contribution in [0.2, 0.25) is 0 Å². The van der Waals surface area contributed by atoms with Gasteiger partial charge in [-0.3, -0.25) is 14.4 Å². The first-order chi connectivity index (χ1) is 31.9. The van der Waals surface area contributed by atoms with Crippen LogP contribution in [-0.2, 0) is 35.6 Å². The van der Waals surface area contributed by atoms with Gasteiger partial charge in [-0.05, 0) is 80.5 Å². The van der Waals surface area contributed by atoms with Crippen LogP contribution in [0.5, 0.6) is 17.2 Å². The molecule has 5 aromatic rings. The summed E-state index contributed by atoms with van der Waals surface area (Å²) in [4.78, 5) is 64.1. The average Bonchev–Trinajstić information content (AvgIpc) is 3.56. The highest BCUT2D eigenvalue weighted by Gasteiger charge is 2.62. The minimum atomic E-state index is -4.36. The Labute approximate surface area is 382 Å². The van der Waals surface area contributed by atoms with Crippen LogP contribution < -0.4 is 29.6 Å². The molecule has 3 heterocycles. The molecule has 3 N–H and O–H groups in total. The number of methoxy groups -OCH3 is 1. The topological polar surface area (TPSA) is 192 Å². The predicted molar refractivity (Wildman–Crippen MR) is 244 cm³/mol. The molecule has 4 aromatic carbocycles. The molecule has 2 saturated carbocycles. The summed E-state index contributed by atoms with van der Waals surface area (Å²) in [6.07, 6.45) is 5.04. The number of alkyl carbamates (subject to hydrolysis) is 1. The monoisotopic (exact) mass is 913 g/mol. The Kier molecular flexibility index (Phi) is 12.4. The third-order valence-electron chi connectivity index (χ3n) is 12.8. The highest BCUT2D eigenvalue weighted by molar-refractivity contribution is 7.90. The normalized spacial score (nSPS) is 23.7. The van der Waals surface area contributed by atoms with Crippen LogP contribution in [0.4, 0.5) is 4.79 Å². The number of nitrogens with zero attached hydrogens (tertiary/aromatic N) is 2. The smallest absolute Gasteiger partial charge is 0.408 e. The number of carbonyl (C=O) groups is 4. The quantitative estimate of drug-likeness (QED) is 0.143. The lowest BCUT2D eigenvalue weighted by Gasteiger charge is -2.30. The molecule has 4 aliphatic rings. The number of carbonyl (C=O) groups excluding carboxylic acids is 4. The van der Waals surface area contributed by atoms with Gasteiger partial charge in [-0.2, -0.15) is 0 Å². The second-order valence-electron chi connectivity index (χ2n) is 17.3. The molecule has 1 saturated heterocycles. The van der Waals surface area contributed by atoms with Gasteiger partial charge in [-0.25, -0.2) is 22.9 Å². The Morgan fingerprint density at radius 2 is 1.71 bits per heavy atom. The largest absolute Gasteiger partial charge is 0.497 e. The van der Waals surface area contributed by atoms with Crippen molar-refractivity contribution in [1.29, 1.82) is 0 Å². The number of sulfonamides is 1. The number of rotatable bonds is 9. The maximum Gasteiger partial charge on any atom is 0.408 e. The van der Waals surface area contributed by atoms with Crippen LogP contribution in [0.1, 0.15) is 49.7 Å². The van der Waals surface area contributed by atoms with Crippen molar-refractivity contribution in [3.8, 4) is 28.5 Å². The lowest BCUT2D eigenvalue weighted by molar-refractivity contribution is -0.141. The van der Waals surface area contributed by atoms with E-state index < -0.39 is 63.5 Å². The molecule has 1 unspecified atom stereocenters. The zero-order valence-electron chi connectivity index (χ0n) is 36.6. The number of aromatic nitrogens is 1. The minimum absolute atomic E-state index is 0.0134. The molecule has 0 spiro atoms. The van der Waals surface area contributed by atoms with E-state index in [1.807, 2.05) is 48.5 Å². The van der Waals surface area contributed by atoms with Gasteiger partial charge < -0.3 is 34.5 Å². The Bertz CT molecular complexity index is 2820. The maximum absolute atomic E-state index is 15.1. The summed E-state index contributed by atoms with van der Waals surface area (Å²) in [5, 5.41) is 6.39. The molecule has 66 heavy (non-hydrogen) atoms. The minimum Gasteiger partial charge on any atom is -0.497 e. The lowest BCUT2D eigenvalue weighted by atomic mass is 10.0. The predicted octanol–water partition coefficient (Wildman–Crippen LogP) is 6.18. The number of hydrogen-bond donors (Lipinski definition) is 3. The van der Waals surface area contributed by atoms with Gasteiger partial charge >= 0.3 is 6.09 Å². The number of fused-ring (bicyclic) bond motifs is 5. The molecule has 5 atom stereocenters. The van der Waals surface area contributed by atoms with Gasteiger partial charge in [0.25, 0.3) is 15.9 Å². The summed E-state index contributed by atoms with van der Waals surface area (Å²) in [5.41, 5.74) is 1.50. The number of hydrogen-bond acceptors (Lipinski definition) is 11. The molecule has 2 bridgehead atoms. The van der Waals surface area contributed by atoms with Crippen molar-refractivity contribution in [2.75, 3.05) is 20.3 Å². The van der Waals surface area contributed by atoms with Crippen molar-refractivity contribution in [3.05, 3.63) is 126 Å². The zero-order chi connectivity index (χ0) is 46.0. The molecular weight excluding hydrogens is 863 g/mol. The van der Waals surface area contributed by atoms with E-state index in [2.05, 4.69) is 15.4 Å². The van der Waals surface area contributed by atoms with Gasteiger partial charge in [-0.1, -0.05) is 72.8 Å². The molecule has 4 amide bonds. The van der Waals surface area contributed by atoms with Crippen LogP contribution in [0.25, 0.3) is 22.2 Å². The van der Waals surface area contributed by atoms with E-state index in [1.54, 1.807) is 74.7 Å². The molecule has 0 radical (unpaired) electrons. The summed E-state index contributed by atoms with van der Waals surface area (Å²) in [6.45, 7) is 1.64. The summed E-state index contributed by atoms with van der Waals surface area (Å²) in [7, 11) is -2.79. The van der Waals surface area contributed by atoms with E-state index >= 15 is 4.79 Å². The Morgan fingerprint density at radius 1 is 0.924 bits per heavy atom. The van der Waals surface area contributed by atoms with Crippen molar-refractivity contribution in [3.63, 3.8) is 0 Å². The SMILES string of the molecule is COc1ccc2c(O[C@@H]3C[C@H]4C(=O)N[C@@]5(C(=O)NS(=O)(=O)c6ccccc6C)CC5/C=C\COc5cccc(c5)C[C@@H](NC(=O)OC5CCCC5)C(=O)N4C3)cc(-c3ccccc3)nc2c1. The van der Waals surface area contributed by atoms with Crippen molar-refractivity contribution >= 4 is 44.7 Å². The molecule has 1 aromatic heterocycles. The molecule has 9 rings (SSSR count). The second-order valence-corrected chi connectivity index (χ2v) is 19.0. The van der Waals surface area contributed by atoms with Gasteiger partial charge in [0.15, 0.2) is 0 Å². The first kappa shape index (κ1) is 44.3.